The lowest BCUT2D eigenvalue weighted by Crippen LogP contribution is -2.45. The highest BCUT2D eigenvalue weighted by Gasteiger charge is 2.30. The Hall–Kier alpha value is -1.15. The van der Waals surface area contributed by atoms with Gasteiger partial charge in [-0.1, -0.05) is 0 Å². The quantitative estimate of drug-likeness (QED) is 0.495. The lowest BCUT2D eigenvalue weighted by molar-refractivity contribution is -0.139. The number of nitrogens with one attached hydrogen (secondary N) is 2. The Morgan fingerprint density at radius 3 is 2.55 bits per heavy atom. The SMILES string of the molecule is CC(C)OCCCNC(=O)C(=O)NC1CCS(=O)(=O)C1. The van der Waals surface area contributed by atoms with E-state index in [-0.39, 0.29) is 17.6 Å². The molecule has 2 N–H and O–H groups in total. The standard InChI is InChI=1S/C12H22N2O5S/c1-9(2)19-6-3-5-13-11(15)12(16)14-10-4-7-20(17,18)8-10/h9-10H,3-8H2,1-2H3,(H,13,15)(H,14,16). The van der Waals surface area contributed by atoms with Gasteiger partial charge in [0.05, 0.1) is 17.6 Å². The van der Waals surface area contributed by atoms with E-state index < -0.39 is 27.7 Å². The lowest BCUT2D eigenvalue weighted by Gasteiger charge is -2.11. The molecule has 2 amide bonds. The van der Waals surface area contributed by atoms with Crippen molar-refractivity contribution in [1.29, 1.82) is 0 Å². The van der Waals surface area contributed by atoms with Gasteiger partial charge in [-0.25, -0.2) is 8.42 Å². The van der Waals surface area contributed by atoms with Gasteiger partial charge < -0.3 is 15.4 Å². The highest BCUT2D eigenvalue weighted by Crippen LogP contribution is 2.10. The number of ether oxygens (including phenoxy) is 1. The molecule has 0 bridgehead atoms. The van der Waals surface area contributed by atoms with Gasteiger partial charge in [-0.3, -0.25) is 9.59 Å². The molecule has 0 aromatic heterocycles. The average Bonchev–Trinajstić information content (AvgIpc) is 2.67. The van der Waals surface area contributed by atoms with E-state index in [0.29, 0.717) is 26.0 Å². The maximum Gasteiger partial charge on any atom is 0.309 e. The molecule has 1 heterocycles. The monoisotopic (exact) mass is 306 g/mol. The smallest absolute Gasteiger partial charge is 0.309 e. The Morgan fingerprint density at radius 1 is 1.30 bits per heavy atom. The van der Waals surface area contributed by atoms with Crippen molar-refractivity contribution in [2.45, 2.75) is 38.8 Å². The molecule has 0 radical (unpaired) electrons. The topological polar surface area (TPSA) is 102 Å². The Labute approximate surface area is 119 Å². The second-order valence-electron chi connectivity index (χ2n) is 5.10. The molecule has 1 unspecified atom stereocenters. The van der Waals surface area contributed by atoms with Crippen LogP contribution in [0.25, 0.3) is 0 Å². The molecule has 20 heavy (non-hydrogen) atoms. The van der Waals surface area contributed by atoms with Crippen molar-refractivity contribution in [3.8, 4) is 0 Å². The summed E-state index contributed by atoms with van der Waals surface area (Å²) >= 11 is 0. The van der Waals surface area contributed by atoms with Crippen LogP contribution in [0.15, 0.2) is 0 Å². The highest BCUT2D eigenvalue weighted by molar-refractivity contribution is 7.91. The molecule has 0 saturated carbocycles. The zero-order valence-corrected chi connectivity index (χ0v) is 12.7. The summed E-state index contributed by atoms with van der Waals surface area (Å²) in [6, 6.07) is -0.456. The third-order valence-electron chi connectivity index (χ3n) is 2.83. The molecule has 1 saturated heterocycles. The summed E-state index contributed by atoms with van der Waals surface area (Å²) in [5.41, 5.74) is 0. The number of rotatable bonds is 6. The van der Waals surface area contributed by atoms with E-state index in [1.54, 1.807) is 0 Å². The average molecular weight is 306 g/mol. The molecule has 1 aliphatic heterocycles. The number of carbonyl (C=O) groups is 2. The van der Waals surface area contributed by atoms with Crippen molar-refractivity contribution in [3.05, 3.63) is 0 Å². The van der Waals surface area contributed by atoms with Crippen molar-refractivity contribution < 1.29 is 22.7 Å². The van der Waals surface area contributed by atoms with Crippen LogP contribution < -0.4 is 10.6 Å². The summed E-state index contributed by atoms with van der Waals surface area (Å²) in [7, 11) is -3.06. The van der Waals surface area contributed by atoms with Gasteiger partial charge in [0.1, 0.15) is 0 Å². The molecule has 0 aromatic carbocycles. The van der Waals surface area contributed by atoms with E-state index in [4.69, 9.17) is 4.74 Å². The summed E-state index contributed by atoms with van der Waals surface area (Å²) in [6.07, 6.45) is 1.12. The van der Waals surface area contributed by atoms with Crippen LogP contribution in [-0.4, -0.2) is 57.0 Å². The largest absolute Gasteiger partial charge is 0.379 e. The van der Waals surface area contributed by atoms with Gasteiger partial charge in [-0.05, 0) is 26.7 Å². The molecular formula is C12H22N2O5S. The van der Waals surface area contributed by atoms with Crippen LogP contribution in [0, 0.1) is 0 Å². The third kappa shape index (κ3) is 6.33. The minimum atomic E-state index is -3.06. The maximum atomic E-state index is 11.5. The third-order valence-corrected chi connectivity index (χ3v) is 4.60. The van der Waals surface area contributed by atoms with E-state index in [1.807, 2.05) is 13.8 Å². The first-order valence-electron chi connectivity index (χ1n) is 6.71. The van der Waals surface area contributed by atoms with Crippen molar-refractivity contribution in [2.75, 3.05) is 24.7 Å². The van der Waals surface area contributed by atoms with Crippen LogP contribution >= 0.6 is 0 Å². The first-order valence-corrected chi connectivity index (χ1v) is 8.53. The first kappa shape index (κ1) is 16.9. The Bertz CT molecular complexity index is 447. The first-order chi connectivity index (χ1) is 9.30. The van der Waals surface area contributed by atoms with Gasteiger partial charge >= 0.3 is 11.8 Å². The van der Waals surface area contributed by atoms with Gasteiger partial charge in [0.15, 0.2) is 9.84 Å². The maximum absolute atomic E-state index is 11.5. The van der Waals surface area contributed by atoms with Crippen molar-refractivity contribution in [2.24, 2.45) is 0 Å². The summed E-state index contributed by atoms with van der Waals surface area (Å²) < 4.78 is 27.7. The number of sulfone groups is 1. The van der Waals surface area contributed by atoms with Crippen LogP contribution in [0.1, 0.15) is 26.7 Å². The molecule has 0 aromatic rings. The van der Waals surface area contributed by atoms with Gasteiger partial charge in [0.25, 0.3) is 0 Å². The normalized spacial score (nSPS) is 20.9. The van der Waals surface area contributed by atoms with Crippen molar-refractivity contribution in [3.63, 3.8) is 0 Å². The van der Waals surface area contributed by atoms with Gasteiger partial charge in [0, 0.05) is 19.2 Å². The van der Waals surface area contributed by atoms with Crippen LogP contribution in [0.3, 0.4) is 0 Å². The molecule has 0 spiro atoms. The van der Waals surface area contributed by atoms with Crippen molar-refractivity contribution >= 4 is 21.7 Å². The zero-order chi connectivity index (χ0) is 15.2. The fraction of sp³-hybridized carbons (Fsp3) is 0.833. The fourth-order valence-electron chi connectivity index (χ4n) is 1.83. The summed E-state index contributed by atoms with van der Waals surface area (Å²) in [5, 5.41) is 4.90. The molecule has 1 fully saturated rings. The van der Waals surface area contributed by atoms with E-state index in [9.17, 15) is 18.0 Å². The molecular weight excluding hydrogens is 284 g/mol. The predicted molar refractivity (Wildman–Crippen MR) is 73.9 cm³/mol. The Morgan fingerprint density at radius 2 is 2.00 bits per heavy atom. The minimum absolute atomic E-state index is 0.0616. The fourth-order valence-corrected chi connectivity index (χ4v) is 3.51. The van der Waals surface area contributed by atoms with Crippen LogP contribution in [0.2, 0.25) is 0 Å². The van der Waals surface area contributed by atoms with Crippen LogP contribution in [0.4, 0.5) is 0 Å². The molecule has 1 rings (SSSR count). The molecule has 1 aliphatic rings. The minimum Gasteiger partial charge on any atom is -0.379 e. The Kier molecular flexibility index (Phi) is 6.41. The molecule has 8 heteroatoms. The highest BCUT2D eigenvalue weighted by atomic mass is 32.2. The molecule has 1 atom stereocenters. The van der Waals surface area contributed by atoms with Gasteiger partial charge in [-0.15, -0.1) is 0 Å². The molecule has 0 aliphatic carbocycles. The number of hydrogen-bond donors (Lipinski definition) is 2. The van der Waals surface area contributed by atoms with E-state index >= 15 is 0 Å². The van der Waals surface area contributed by atoms with E-state index in [0.717, 1.165) is 0 Å². The van der Waals surface area contributed by atoms with Gasteiger partial charge in [0.2, 0.25) is 0 Å². The lowest BCUT2D eigenvalue weighted by atomic mass is 10.2. The van der Waals surface area contributed by atoms with Gasteiger partial charge in [-0.2, -0.15) is 0 Å². The zero-order valence-electron chi connectivity index (χ0n) is 11.8. The number of hydrogen-bond acceptors (Lipinski definition) is 5. The summed E-state index contributed by atoms with van der Waals surface area (Å²) in [6.45, 7) is 4.70. The Balaban J connectivity index is 2.18. The molecule has 7 nitrogen and oxygen atoms in total. The van der Waals surface area contributed by atoms with E-state index in [1.165, 1.54) is 0 Å². The summed E-state index contributed by atoms with van der Waals surface area (Å²) in [4.78, 5) is 23.0. The van der Waals surface area contributed by atoms with Crippen molar-refractivity contribution in [1.82, 2.24) is 10.6 Å². The van der Waals surface area contributed by atoms with Crippen LogP contribution in [0.5, 0.6) is 0 Å². The second-order valence-corrected chi connectivity index (χ2v) is 7.33. The van der Waals surface area contributed by atoms with Crippen LogP contribution in [-0.2, 0) is 24.2 Å². The second kappa shape index (κ2) is 7.58. The number of amides is 2. The summed E-state index contributed by atoms with van der Waals surface area (Å²) in [5.74, 6) is -1.55. The molecule has 116 valence electrons. The van der Waals surface area contributed by atoms with E-state index in [2.05, 4.69) is 10.6 Å². The number of carbonyl (C=O) groups excluding carboxylic acids is 2. The predicted octanol–water partition coefficient (Wildman–Crippen LogP) is -0.779.